The minimum absolute atomic E-state index is 0.545. The van der Waals surface area contributed by atoms with Crippen molar-refractivity contribution in [2.75, 3.05) is 33.9 Å². The molecule has 0 bridgehead atoms. The smallest absolute Gasteiger partial charge is 0.405 e. The molecule has 2 amide bonds. The Bertz CT molecular complexity index is 327. The van der Waals surface area contributed by atoms with Gasteiger partial charge in [0, 0.05) is 0 Å². The number of nitrogens with zero attached hydrogens (tertiary/aromatic N) is 1. The summed E-state index contributed by atoms with van der Waals surface area (Å²) in [6.45, 7) is -2.92. The Labute approximate surface area is 106 Å². The first-order chi connectivity index (χ1) is 8.69. The van der Waals surface area contributed by atoms with Crippen molar-refractivity contribution in [3.63, 3.8) is 0 Å². The number of nitrogens with one attached hydrogen (secondary N) is 1. The Morgan fingerprint density at radius 1 is 1.05 bits per heavy atom. The topological polar surface area (TPSA) is 84.9 Å². The van der Waals surface area contributed by atoms with Gasteiger partial charge >= 0.3 is 24.1 Å². The van der Waals surface area contributed by atoms with Crippen LogP contribution in [0.3, 0.4) is 0 Å². The summed E-state index contributed by atoms with van der Waals surface area (Å²) in [4.78, 5) is 33.9. The molecule has 0 atom stereocenters. The summed E-state index contributed by atoms with van der Waals surface area (Å²) in [6.07, 6.45) is -4.60. The first kappa shape index (κ1) is 17.0. The van der Waals surface area contributed by atoms with E-state index in [-0.39, 0.29) is 0 Å². The van der Waals surface area contributed by atoms with Gasteiger partial charge in [-0.3, -0.25) is 9.59 Å². The van der Waals surface area contributed by atoms with Crippen LogP contribution < -0.4 is 5.32 Å². The second-order valence-corrected chi connectivity index (χ2v) is 3.28. The maximum atomic E-state index is 11.9. The molecule has 0 aromatic carbocycles. The van der Waals surface area contributed by atoms with Crippen molar-refractivity contribution >= 4 is 18.0 Å². The largest absolute Gasteiger partial charge is 0.468 e. The first-order valence-electron chi connectivity index (χ1n) is 4.92. The predicted octanol–water partition coefficient (Wildman–Crippen LogP) is -0.0937. The van der Waals surface area contributed by atoms with Crippen LogP contribution in [0.15, 0.2) is 0 Å². The Hall–Kier alpha value is -2.00. The van der Waals surface area contributed by atoms with E-state index in [2.05, 4.69) is 9.47 Å². The summed E-state index contributed by atoms with van der Waals surface area (Å²) >= 11 is 0. The molecule has 0 saturated carbocycles. The van der Waals surface area contributed by atoms with Gasteiger partial charge < -0.3 is 19.7 Å². The molecular weight excluding hydrogens is 273 g/mol. The normalized spacial score (nSPS) is 10.6. The Morgan fingerprint density at radius 3 is 1.79 bits per heavy atom. The molecule has 0 aromatic heterocycles. The lowest BCUT2D eigenvalue weighted by Crippen LogP contribution is -2.48. The molecule has 0 radical (unpaired) electrons. The molecule has 19 heavy (non-hydrogen) atoms. The fourth-order valence-electron chi connectivity index (χ4n) is 0.928. The van der Waals surface area contributed by atoms with Crippen LogP contribution in [0.25, 0.3) is 0 Å². The van der Waals surface area contributed by atoms with Crippen LogP contribution in [-0.2, 0) is 19.1 Å². The van der Waals surface area contributed by atoms with Gasteiger partial charge in [-0.05, 0) is 0 Å². The van der Waals surface area contributed by atoms with Gasteiger partial charge in [0.15, 0.2) is 0 Å². The number of esters is 2. The van der Waals surface area contributed by atoms with E-state index in [9.17, 15) is 27.6 Å². The van der Waals surface area contributed by atoms with Crippen molar-refractivity contribution in [1.29, 1.82) is 0 Å². The molecule has 0 spiro atoms. The van der Waals surface area contributed by atoms with Gasteiger partial charge in [-0.25, -0.2) is 4.79 Å². The highest BCUT2D eigenvalue weighted by Crippen LogP contribution is 2.12. The minimum atomic E-state index is -4.60. The van der Waals surface area contributed by atoms with Gasteiger partial charge in [-0.2, -0.15) is 13.2 Å². The number of urea groups is 1. The van der Waals surface area contributed by atoms with E-state index >= 15 is 0 Å². The zero-order valence-electron chi connectivity index (χ0n) is 10.2. The van der Waals surface area contributed by atoms with E-state index in [0.29, 0.717) is 4.90 Å². The number of hydrogen-bond acceptors (Lipinski definition) is 5. The van der Waals surface area contributed by atoms with Crippen LogP contribution in [0, 0.1) is 0 Å². The molecule has 0 aliphatic rings. The van der Waals surface area contributed by atoms with E-state index < -0.39 is 43.8 Å². The minimum Gasteiger partial charge on any atom is -0.468 e. The van der Waals surface area contributed by atoms with Gasteiger partial charge in [-0.15, -0.1) is 0 Å². The molecule has 0 aliphatic carbocycles. The number of hydrogen-bond donors (Lipinski definition) is 1. The SMILES string of the molecule is COC(=O)CN(CC(=O)OC)C(=O)NCC(F)(F)F. The molecule has 0 aliphatic heterocycles. The lowest BCUT2D eigenvalue weighted by molar-refractivity contribution is -0.144. The van der Waals surface area contributed by atoms with Gasteiger partial charge in [0.25, 0.3) is 0 Å². The molecule has 1 N–H and O–H groups in total. The number of rotatable bonds is 5. The summed E-state index contributed by atoms with van der Waals surface area (Å²) < 4.78 is 44.3. The van der Waals surface area contributed by atoms with E-state index in [4.69, 9.17) is 0 Å². The fourth-order valence-corrected chi connectivity index (χ4v) is 0.928. The molecule has 0 heterocycles. The van der Waals surface area contributed by atoms with Crippen LogP contribution in [0.1, 0.15) is 0 Å². The number of ether oxygens (including phenoxy) is 2. The number of halogens is 3. The molecule has 7 nitrogen and oxygen atoms in total. The number of amides is 2. The van der Waals surface area contributed by atoms with Crippen LogP contribution in [0.5, 0.6) is 0 Å². The Morgan fingerprint density at radius 2 is 1.47 bits per heavy atom. The third kappa shape index (κ3) is 7.84. The summed E-state index contributed by atoms with van der Waals surface area (Å²) in [7, 11) is 2.07. The summed E-state index contributed by atoms with van der Waals surface area (Å²) in [6, 6.07) is -1.23. The standard InChI is InChI=1S/C9H13F3N2O5/c1-18-6(15)3-14(4-7(16)19-2)8(17)13-5-9(10,11)12/h3-5H2,1-2H3,(H,13,17). The third-order valence-corrected chi connectivity index (χ3v) is 1.82. The number of methoxy groups -OCH3 is 2. The second-order valence-electron chi connectivity index (χ2n) is 3.28. The van der Waals surface area contributed by atoms with Gasteiger partial charge in [0.1, 0.15) is 19.6 Å². The second kappa shape index (κ2) is 7.44. The monoisotopic (exact) mass is 286 g/mol. The molecule has 0 rings (SSSR count). The average molecular weight is 286 g/mol. The van der Waals surface area contributed by atoms with E-state index in [1.165, 1.54) is 5.32 Å². The highest BCUT2D eigenvalue weighted by Gasteiger charge is 2.30. The number of alkyl halides is 3. The van der Waals surface area contributed by atoms with Crippen LogP contribution >= 0.6 is 0 Å². The van der Waals surface area contributed by atoms with Crippen molar-refractivity contribution in [2.45, 2.75) is 6.18 Å². The molecule has 0 aromatic rings. The van der Waals surface area contributed by atoms with E-state index in [1.807, 2.05) is 0 Å². The zero-order chi connectivity index (χ0) is 15.1. The summed E-state index contributed by atoms with van der Waals surface area (Å²) in [5.74, 6) is -1.77. The van der Waals surface area contributed by atoms with Crippen LogP contribution in [0.4, 0.5) is 18.0 Å². The van der Waals surface area contributed by atoms with Crippen molar-refractivity contribution in [2.24, 2.45) is 0 Å². The van der Waals surface area contributed by atoms with E-state index in [1.54, 1.807) is 0 Å². The molecule has 0 fully saturated rings. The molecule has 0 saturated heterocycles. The molecular formula is C9H13F3N2O5. The van der Waals surface area contributed by atoms with Crippen LogP contribution in [0.2, 0.25) is 0 Å². The maximum Gasteiger partial charge on any atom is 0.405 e. The lowest BCUT2D eigenvalue weighted by atomic mass is 10.4. The summed E-state index contributed by atoms with van der Waals surface area (Å²) in [5, 5.41) is 1.53. The average Bonchev–Trinajstić information content (AvgIpc) is 2.33. The lowest BCUT2D eigenvalue weighted by Gasteiger charge is -2.21. The van der Waals surface area contributed by atoms with Gasteiger partial charge in [0.2, 0.25) is 0 Å². The van der Waals surface area contributed by atoms with Gasteiger partial charge in [-0.1, -0.05) is 0 Å². The zero-order valence-corrected chi connectivity index (χ0v) is 10.2. The van der Waals surface area contributed by atoms with Crippen LogP contribution in [-0.4, -0.2) is 62.9 Å². The molecule has 0 unspecified atom stereocenters. The first-order valence-corrected chi connectivity index (χ1v) is 4.92. The molecule has 110 valence electrons. The summed E-state index contributed by atoms with van der Waals surface area (Å²) in [5.41, 5.74) is 0. The molecule has 10 heteroatoms. The third-order valence-electron chi connectivity index (χ3n) is 1.82. The van der Waals surface area contributed by atoms with Gasteiger partial charge in [0.05, 0.1) is 14.2 Å². The van der Waals surface area contributed by atoms with Crippen molar-refractivity contribution in [3.05, 3.63) is 0 Å². The fraction of sp³-hybridized carbons (Fsp3) is 0.667. The van der Waals surface area contributed by atoms with Crippen molar-refractivity contribution < 1.29 is 37.0 Å². The van der Waals surface area contributed by atoms with E-state index in [0.717, 1.165) is 14.2 Å². The quantitative estimate of drug-likeness (QED) is 0.714. The highest BCUT2D eigenvalue weighted by molar-refractivity contribution is 5.85. The predicted molar refractivity (Wildman–Crippen MR) is 55.1 cm³/mol. The Kier molecular flexibility index (Phi) is 6.66. The number of carbonyl (C=O) groups is 3. The Balaban J connectivity index is 4.58. The maximum absolute atomic E-state index is 11.9. The van der Waals surface area contributed by atoms with Crippen molar-refractivity contribution in [3.8, 4) is 0 Å². The van der Waals surface area contributed by atoms with Crippen molar-refractivity contribution in [1.82, 2.24) is 10.2 Å². The number of carbonyl (C=O) groups excluding carboxylic acids is 3. The highest BCUT2D eigenvalue weighted by atomic mass is 19.4.